The van der Waals surface area contributed by atoms with Crippen LogP contribution in [-0.4, -0.2) is 42.5 Å². The topological polar surface area (TPSA) is 101 Å². The minimum Gasteiger partial charge on any atom is -0.352 e. The molecule has 1 aliphatic rings. The Balaban J connectivity index is 0.00000361. The molecule has 0 aromatic rings. The van der Waals surface area contributed by atoms with Crippen LogP contribution in [-0.2, 0) is 4.79 Å². The molecule has 3 amide bonds. The molecule has 0 saturated carbocycles. The molecule has 1 fully saturated rings. The molecule has 0 aromatic carbocycles. The molecule has 0 spiro atoms. The zero-order valence-corrected chi connectivity index (χ0v) is 13.0. The zero-order valence-electron chi connectivity index (χ0n) is 12.1. The summed E-state index contributed by atoms with van der Waals surface area (Å²) in [6.45, 7) is 3.64. The predicted octanol–water partition coefficient (Wildman–Crippen LogP) is 0.833. The van der Waals surface area contributed by atoms with E-state index in [1.807, 2.05) is 0 Å². The van der Waals surface area contributed by atoms with E-state index in [1.165, 1.54) is 4.90 Å². The summed E-state index contributed by atoms with van der Waals surface area (Å²) in [4.78, 5) is 24.8. The number of urea groups is 1. The molecule has 1 saturated heterocycles. The summed E-state index contributed by atoms with van der Waals surface area (Å²) < 4.78 is 0. The van der Waals surface area contributed by atoms with Gasteiger partial charge in [-0.3, -0.25) is 4.79 Å². The molecule has 1 heterocycles. The van der Waals surface area contributed by atoms with Crippen LogP contribution in [0.3, 0.4) is 0 Å². The average Bonchev–Trinajstić information content (AvgIpc) is 2.43. The van der Waals surface area contributed by atoms with Crippen molar-refractivity contribution in [3.8, 4) is 0 Å². The minimum absolute atomic E-state index is 0. The van der Waals surface area contributed by atoms with E-state index >= 15 is 0 Å². The van der Waals surface area contributed by atoms with Crippen LogP contribution < -0.4 is 16.8 Å². The molecule has 118 valence electrons. The number of unbranched alkanes of at least 4 members (excludes halogenated alkanes) is 1. The van der Waals surface area contributed by atoms with Crippen LogP contribution in [0.15, 0.2) is 0 Å². The first-order chi connectivity index (χ1) is 9.08. The van der Waals surface area contributed by atoms with Crippen LogP contribution in [0.1, 0.15) is 39.0 Å². The standard InChI is InChI=1S/C13H26N4O2.ClH/c1-2-3-6-11(8-14)16-12(18)10-5-4-7-17(9-10)13(15)19;/h10-11H,2-9,14H2,1H3,(H2,15,19)(H,16,18);1H. The third kappa shape index (κ3) is 5.96. The van der Waals surface area contributed by atoms with Gasteiger partial charge in [0.05, 0.1) is 5.92 Å². The Hall–Kier alpha value is -1.01. The van der Waals surface area contributed by atoms with Gasteiger partial charge in [-0.05, 0) is 19.3 Å². The number of halogens is 1. The Kier molecular flexibility index (Phi) is 9.33. The molecule has 1 aliphatic heterocycles. The van der Waals surface area contributed by atoms with Gasteiger partial charge in [0, 0.05) is 25.7 Å². The van der Waals surface area contributed by atoms with E-state index in [1.54, 1.807) is 0 Å². The largest absolute Gasteiger partial charge is 0.352 e. The SMILES string of the molecule is CCCCC(CN)NC(=O)C1CCCN(C(N)=O)C1.Cl. The van der Waals surface area contributed by atoms with Gasteiger partial charge in [0.1, 0.15) is 0 Å². The molecular weight excluding hydrogens is 280 g/mol. The molecule has 6 nitrogen and oxygen atoms in total. The number of piperidine rings is 1. The number of nitrogens with zero attached hydrogens (tertiary/aromatic N) is 1. The van der Waals surface area contributed by atoms with Crippen molar-refractivity contribution in [2.45, 2.75) is 45.1 Å². The zero-order chi connectivity index (χ0) is 14.3. The van der Waals surface area contributed by atoms with Crippen molar-refractivity contribution < 1.29 is 9.59 Å². The van der Waals surface area contributed by atoms with Gasteiger partial charge in [-0.25, -0.2) is 4.79 Å². The van der Waals surface area contributed by atoms with Crippen LogP contribution in [0.25, 0.3) is 0 Å². The molecule has 0 bridgehead atoms. The van der Waals surface area contributed by atoms with E-state index in [0.717, 1.165) is 32.1 Å². The van der Waals surface area contributed by atoms with E-state index in [2.05, 4.69) is 12.2 Å². The molecule has 7 heteroatoms. The fourth-order valence-electron chi connectivity index (χ4n) is 2.41. The summed E-state index contributed by atoms with van der Waals surface area (Å²) in [7, 11) is 0. The van der Waals surface area contributed by atoms with Crippen molar-refractivity contribution in [3.63, 3.8) is 0 Å². The van der Waals surface area contributed by atoms with Crippen molar-refractivity contribution in [3.05, 3.63) is 0 Å². The minimum atomic E-state index is -0.446. The second-order valence-corrected chi connectivity index (χ2v) is 5.21. The molecule has 0 aromatic heterocycles. The van der Waals surface area contributed by atoms with Crippen molar-refractivity contribution >= 4 is 24.3 Å². The Labute approximate surface area is 127 Å². The summed E-state index contributed by atoms with van der Waals surface area (Å²) in [5, 5.41) is 2.99. The maximum atomic E-state index is 12.2. The van der Waals surface area contributed by atoms with Gasteiger partial charge in [-0.1, -0.05) is 19.8 Å². The normalized spacial score (nSPS) is 19.9. The predicted molar refractivity (Wildman–Crippen MR) is 81.6 cm³/mol. The second-order valence-electron chi connectivity index (χ2n) is 5.21. The van der Waals surface area contributed by atoms with Crippen molar-refractivity contribution in [2.24, 2.45) is 17.4 Å². The molecule has 20 heavy (non-hydrogen) atoms. The fourth-order valence-corrected chi connectivity index (χ4v) is 2.41. The quantitative estimate of drug-likeness (QED) is 0.677. The number of hydrogen-bond donors (Lipinski definition) is 3. The number of nitrogens with one attached hydrogen (secondary N) is 1. The molecule has 2 unspecified atom stereocenters. The smallest absolute Gasteiger partial charge is 0.314 e. The average molecular weight is 307 g/mol. The van der Waals surface area contributed by atoms with E-state index in [4.69, 9.17) is 11.5 Å². The summed E-state index contributed by atoms with van der Waals surface area (Å²) >= 11 is 0. The molecule has 0 radical (unpaired) electrons. The molecule has 1 rings (SSSR count). The lowest BCUT2D eigenvalue weighted by atomic mass is 9.96. The third-order valence-electron chi connectivity index (χ3n) is 3.64. The number of nitrogens with two attached hydrogens (primary N) is 2. The van der Waals surface area contributed by atoms with Gasteiger partial charge in [0.2, 0.25) is 5.91 Å². The van der Waals surface area contributed by atoms with Crippen LogP contribution in [0.4, 0.5) is 4.79 Å². The summed E-state index contributed by atoms with van der Waals surface area (Å²) in [6, 6.07) is -0.407. The summed E-state index contributed by atoms with van der Waals surface area (Å²) in [5.74, 6) is -0.158. The van der Waals surface area contributed by atoms with E-state index < -0.39 is 6.03 Å². The number of rotatable bonds is 6. The lowest BCUT2D eigenvalue weighted by Gasteiger charge is -2.31. The number of amides is 3. The van der Waals surface area contributed by atoms with Gasteiger partial charge < -0.3 is 21.7 Å². The number of carbonyl (C=O) groups is 2. The molecular formula is C13H27ClN4O2. The lowest BCUT2D eigenvalue weighted by molar-refractivity contribution is -0.127. The third-order valence-corrected chi connectivity index (χ3v) is 3.64. The Morgan fingerprint density at radius 1 is 1.45 bits per heavy atom. The maximum absolute atomic E-state index is 12.2. The highest BCUT2D eigenvalue weighted by atomic mass is 35.5. The first-order valence-corrected chi connectivity index (χ1v) is 7.13. The number of likely N-dealkylation sites (tertiary alicyclic amines) is 1. The van der Waals surface area contributed by atoms with Gasteiger partial charge in [0.15, 0.2) is 0 Å². The van der Waals surface area contributed by atoms with Crippen LogP contribution in [0.2, 0.25) is 0 Å². The second kappa shape index (κ2) is 9.83. The summed E-state index contributed by atoms with van der Waals surface area (Å²) in [6.07, 6.45) is 4.68. The highest BCUT2D eigenvalue weighted by Gasteiger charge is 2.28. The van der Waals surface area contributed by atoms with Crippen molar-refractivity contribution in [1.29, 1.82) is 0 Å². The highest BCUT2D eigenvalue weighted by Crippen LogP contribution is 2.16. The van der Waals surface area contributed by atoms with Gasteiger partial charge >= 0.3 is 6.03 Å². The van der Waals surface area contributed by atoms with Crippen molar-refractivity contribution in [1.82, 2.24) is 10.2 Å². The maximum Gasteiger partial charge on any atom is 0.314 e. The van der Waals surface area contributed by atoms with E-state index in [0.29, 0.717) is 19.6 Å². The monoisotopic (exact) mass is 306 g/mol. The van der Waals surface area contributed by atoms with Gasteiger partial charge in [-0.2, -0.15) is 0 Å². The lowest BCUT2D eigenvalue weighted by Crippen LogP contribution is -2.50. The summed E-state index contributed by atoms with van der Waals surface area (Å²) in [5.41, 5.74) is 10.9. The fraction of sp³-hybridized carbons (Fsp3) is 0.846. The first kappa shape index (κ1) is 19.0. The molecule has 5 N–H and O–H groups in total. The Morgan fingerprint density at radius 3 is 2.70 bits per heavy atom. The Bertz CT molecular complexity index is 315. The highest BCUT2D eigenvalue weighted by molar-refractivity contribution is 5.85. The van der Waals surface area contributed by atoms with Crippen LogP contribution in [0.5, 0.6) is 0 Å². The van der Waals surface area contributed by atoms with Crippen LogP contribution in [0, 0.1) is 5.92 Å². The van der Waals surface area contributed by atoms with Gasteiger partial charge in [-0.15, -0.1) is 12.4 Å². The molecule has 0 aliphatic carbocycles. The first-order valence-electron chi connectivity index (χ1n) is 7.13. The Morgan fingerprint density at radius 2 is 2.15 bits per heavy atom. The molecule has 2 atom stereocenters. The van der Waals surface area contributed by atoms with Crippen LogP contribution >= 0.6 is 12.4 Å². The number of carbonyl (C=O) groups excluding carboxylic acids is 2. The van der Waals surface area contributed by atoms with Gasteiger partial charge in [0.25, 0.3) is 0 Å². The number of hydrogen-bond acceptors (Lipinski definition) is 3. The van der Waals surface area contributed by atoms with Crippen molar-refractivity contribution in [2.75, 3.05) is 19.6 Å². The van der Waals surface area contributed by atoms with E-state index in [9.17, 15) is 9.59 Å². The number of primary amides is 1. The van der Waals surface area contributed by atoms with E-state index in [-0.39, 0.29) is 30.3 Å².